The van der Waals surface area contributed by atoms with Crippen molar-refractivity contribution in [2.75, 3.05) is 12.0 Å². The van der Waals surface area contributed by atoms with Gasteiger partial charge in [-0.1, -0.05) is 0 Å². The molecule has 1 unspecified atom stereocenters. The Hall–Kier alpha value is 0.770. The maximum absolute atomic E-state index is 10.3. The van der Waals surface area contributed by atoms with Crippen molar-refractivity contribution in [2.45, 2.75) is 0 Å². The minimum atomic E-state index is -2.83. The summed E-state index contributed by atoms with van der Waals surface area (Å²) in [7, 11) is 0. The summed E-state index contributed by atoms with van der Waals surface area (Å²) in [5, 5.41) is 0. The third-order valence-corrected chi connectivity index (χ3v) is 2.18. The van der Waals surface area contributed by atoms with Crippen molar-refractivity contribution in [3.8, 4) is 0 Å². The number of nitrogens with two attached hydrogens (primary N) is 1. The lowest BCUT2D eigenvalue weighted by atomic mass is 11.0. The minimum Gasteiger partial charge on any atom is -0.289 e. The van der Waals surface area contributed by atoms with E-state index in [2.05, 4.69) is 0 Å². The van der Waals surface area contributed by atoms with Gasteiger partial charge in [-0.2, -0.15) is 0 Å². The van der Waals surface area contributed by atoms with Gasteiger partial charge in [0.15, 0.2) is 0 Å². The zero-order chi connectivity index (χ0) is 5.91. The van der Waals surface area contributed by atoms with Gasteiger partial charge >= 0.3 is 0 Å². The largest absolute Gasteiger partial charge is 0.289 e. The fourth-order valence-electron chi connectivity index (χ4n) is 0.115. The SMILES string of the molecule is NP(=O)(Cl)CCCl. The number of alkyl halides is 1. The van der Waals surface area contributed by atoms with E-state index in [0.29, 0.717) is 0 Å². The number of hydrogen-bond acceptors (Lipinski definition) is 1. The molecule has 0 aromatic heterocycles. The zero-order valence-corrected chi connectivity index (χ0v) is 6.01. The van der Waals surface area contributed by atoms with Crippen molar-refractivity contribution in [3.05, 3.63) is 0 Å². The van der Waals surface area contributed by atoms with E-state index < -0.39 is 6.65 Å². The molecule has 0 aromatic rings. The van der Waals surface area contributed by atoms with Crippen molar-refractivity contribution in [2.24, 2.45) is 5.50 Å². The second-order valence-corrected chi connectivity index (χ2v) is 5.06. The maximum Gasteiger partial charge on any atom is 0.230 e. The molecule has 0 saturated carbocycles. The quantitative estimate of drug-likeness (QED) is 0.495. The molecule has 0 spiro atoms. The van der Waals surface area contributed by atoms with Crippen LogP contribution in [-0.2, 0) is 4.57 Å². The Morgan fingerprint density at radius 3 is 2.14 bits per heavy atom. The number of rotatable bonds is 2. The van der Waals surface area contributed by atoms with Crippen LogP contribution in [0.4, 0.5) is 0 Å². The third-order valence-electron chi connectivity index (χ3n) is 0.389. The van der Waals surface area contributed by atoms with Gasteiger partial charge in [-0.3, -0.25) is 10.1 Å². The second-order valence-electron chi connectivity index (χ2n) is 1.12. The van der Waals surface area contributed by atoms with Crippen molar-refractivity contribution >= 4 is 29.5 Å². The van der Waals surface area contributed by atoms with Crippen LogP contribution >= 0.6 is 29.5 Å². The van der Waals surface area contributed by atoms with Crippen molar-refractivity contribution in [3.63, 3.8) is 0 Å². The fraction of sp³-hybridized carbons (Fsp3) is 1.00. The van der Waals surface area contributed by atoms with Crippen LogP contribution in [0.5, 0.6) is 0 Å². The number of hydrogen-bond donors (Lipinski definition) is 1. The van der Waals surface area contributed by atoms with Gasteiger partial charge in [-0.05, 0) is 11.2 Å². The van der Waals surface area contributed by atoms with Crippen LogP contribution in [0.1, 0.15) is 0 Å². The molecule has 5 heteroatoms. The lowest BCUT2D eigenvalue weighted by Gasteiger charge is -1.95. The molecule has 0 aliphatic heterocycles. The summed E-state index contributed by atoms with van der Waals surface area (Å²) in [6, 6.07) is 0. The average molecular weight is 162 g/mol. The van der Waals surface area contributed by atoms with Crippen LogP contribution in [0.25, 0.3) is 0 Å². The van der Waals surface area contributed by atoms with E-state index >= 15 is 0 Å². The normalized spacial score (nSPS) is 18.7. The van der Waals surface area contributed by atoms with Crippen LogP contribution in [0.2, 0.25) is 0 Å². The standard InChI is InChI=1S/C2H6Cl2NOP/c3-1-2-7(4,5)6/h1-2H2,(H2,5,6). The highest BCUT2D eigenvalue weighted by molar-refractivity contribution is 7.87. The zero-order valence-electron chi connectivity index (χ0n) is 3.60. The van der Waals surface area contributed by atoms with E-state index in [1.807, 2.05) is 0 Å². The van der Waals surface area contributed by atoms with E-state index in [-0.39, 0.29) is 12.0 Å². The summed E-state index contributed by atoms with van der Waals surface area (Å²) in [4.78, 5) is 0. The molecular formula is C2H6Cl2NOP. The lowest BCUT2D eigenvalue weighted by Crippen LogP contribution is -1.92. The molecule has 0 aliphatic rings. The molecular weight excluding hydrogens is 156 g/mol. The molecule has 0 rings (SSSR count). The molecule has 0 aliphatic carbocycles. The van der Waals surface area contributed by atoms with E-state index in [1.54, 1.807) is 0 Å². The van der Waals surface area contributed by atoms with Gasteiger partial charge in [-0.25, -0.2) is 0 Å². The minimum absolute atomic E-state index is 0.204. The van der Waals surface area contributed by atoms with Crippen molar-refractivity contribution < 1.29 is 4.57 Å². The summed E-state index contributed by atoms with van der Waals surface area (Å²) in [5.74, 6) is 0.261. The Morgan fingerprint density at radius 1 is 1.71 bits per heavy atom. The van der Waals surface area contributed by atoms with Crippen LogP contribution < -0.4 is 5.50 Å². The highest BCUT2D eigenvalue weighted by Crippen LogP contribution is 2.41. The monoisotopic (exact) mass is 161 g/mol. The Morgan fingerprint density at radius 2 is 2.14 bits per heavy atom. The predicted molar refractivity (Wildman–Crippen MR) is 33.2 cm³/mol. The molecule has 0 heterocycles. The van der Waals surface area contributed by atoms with Gasteiger partial charge in [0.05, 0.1) is 0 Å². The van der Waals surface area contributed by atoms with Gasteiger partial charge in [0, 0.05) is 12.0 Å². The van der Waals surface area contributed by atoms with Gasteiger partial charge in [0.25, 0.3) is 0 Å². The number of halogens is 2. The molecule has 0 aromatic carbocycles. The lowest BCUT2D eigenvalue weighted by molar-refractivity contribution is 0.586. The first-order valence-electron chi connectivity index (χ1n) is 1.69. The summed E-state index contributed by atoms with van der Waals surface area (Å²) < 4.78 is 10.3. The molecule has 0 amide bonds. The van der Waals surface area contributed by atoms with Gasteiger partial charge in [0.2, 0.25) is 6.65 Å². The first-order valence-corrected chi connectivity index (χ1v) is 5.09. The van der Waals surface area contributed by atoms with Crippen molar-refractivity contribution in [1.82, 2.24) is 0 Å². The van der Waals surface area contributed by atoms with E-state index in [4.69, 9.17) is 28.3 Å². The Labute approximate surface area is 52.2 Å². The summed E-state index contributed by atoms with van der Waals surface area (Å²) in [5.41, 5.74) is 4.88. The third kappa shape index (κ3) is 6.77. The summed E-state index contributed by atoms with van der Waals surface area (Å²) in [6.07, 6.45) is 0.204. The van der Waals surface area contributed by atoms with E-state index in [9.17, 15) is 4.57 Å². The first kappa shape index (κ1) is 7.77. The van der Waals surface area contributed by atoms with Crippen LogP contribution in [0, 0.1) is 0 Å². The molecule has 0 radical (unpaired) electrons. The van der Waals surface area contributed by atoms with Crippen molar-refractivity contribution in [1.29, 1.82) is 0 Å². The van der Waals surface area contributed by atoms with Gasteiger partial charge in [0.1, 0.15) is 0 Å². The van der Waals surface area contributed by atoms with E-state index in [0.717, 1.165) is 0 Å². The molecule has 7 heavy (non-hydrogen) atoms. The maximum atomic E-state index is 10.3. The fourth-order valence-corrected chi connectivity index (χ4v) is 1.61. The molecule has 0 bridgehead atoms. The predicted octanol–water partition coefficient (Wildman–Crippen LogP) is 1.62. The Balaban J connectivity index is 3.36. The summed E-state index contributed by atoms with van der Waals surface area (Å²) >= 11 is 10.2. The summed E-state index contributed by atoms with van der Waals surface area (Å²) in [6.45, 7) is -2.83. The molecule has 44 valence electrons. The highest BCUT2D eigenvalue weighted by Gasteiger charge is 2.07. The molecule has 2 nitrogen and oxygen atoms in total. The van der Waals surface area contributed by atoms with Gasteiger partial charge < -0.3 is 0 Å². The smallest absolute Gasteiger partial charge is 0.230 e. The Bertz CT molecular complexity index is 89.7. The van der Waals surface area contributed by atoms with Crippen LogP contribution in [-0.4, -0.2) is 12.0 Å². The second kappa shape index (κ2) is 2.93. The Kier molecular flexibility index (Phi) is 3.25. The average Bonchev–Trinajstić information content (AvgIpc) is 1.30. The topological polar surface area (TPSA) is 43.1 Å². The van der Waals surface area contributed by atoms with Crippen LogP contribution in [0.15, 0.2) is 0 Å². The molecule has 1 atom stereocenters. The van der Waals surface area contributed by atoms with E-state index in [1.165, 1.54) is 0 Å². The van der Waals surface area contributed by atoms with Gasteiger partial charge in [-0.15, -0.1) is 11.6 Å². The molecule has 2 N–H and O–H groups in total. The first-order chi connectivity index (χ1) is 3.06. The molecule has 0 saturated heterocycles. The molecule has 0 fully saturated rings. The van der Waals surface area contributed by atoms with Crippen LogP contribution in [0.3, 0.4) is 0 Å². The highest BCUT2D eigenvalue weighted by atomic mass is 35.7.